The predicted octanol–water partition coefficient (Wildman–Crippen LogP) is 3.79. The fourth-order valence-corrected chi connectivity index (χ4v) is 4.33. The topological polar surface area (TPSA) is 76.2 Å². The Labute approximate surface area is 209 Å². The minimum Gasteiger partial charge on any atom is -0.493 e. The summed E-state index contributed by atoms with van der Waals surface area (Å²) in [6.45, 7) is 0.224. The molecule has 3 aromatic carbocycles. The number of anilines is 1. The molecule has 0 aliphatic carbocycles. The molecule has 4 rings (SSSR count). The highest BCUT2D eigenvalue weighted by Crippen LogP contribution is 2.29. The molecule has 36 heavy (non-hydrogen) atoms. The highest BCUT2D eigenvalue weighted by molar-refractivity contribution is 6.23. The van der Waals surface area contributed by atoms with Crippen molar-refractivity contribution in [3.8, 4) is 11.5 Å². The molecule has 0 aromatic heterocycles. The van der Waals surface area contributed by atoms with Crippen LogP contribution >= 0.6 is 0 Å². The maximum absolute atomic E-state index is 13.4. The van der Waals surface area contributed by atoms with Crippen LogP contribution in [-0.2, 0) is 27.2 Å². The monoisotopic (exact) mass is 490 g/mol. The molecule has 1 heterocycles. The Bertz CT molecular complexity index is 1250. The van der Waals surface area contributed by atoms with Gasteiger partial charge in [0.2, 0.25) is 11.8 Å². The third-order valence-corrected chi connectivity index (χ3v) is 6.19. The van der Waals surface area contributed by atoms with E-state index in [-0.39, 0.29) is 31.0 Å². The number of amides is 3. The Kier molecular flexibility index (Phi) is 7.63. The predicted molar refractivity (Wildman–Crippen MR) is 132 cm³/mol. The van der Waals surface area contributed by atoms with E-state index in [1.165, 1.54) is 29.2 Å². The molecule has 1 aliphatic rings. The molecule has 0 saturated carbocycles. The normalized spacial score (nSPS) is 15.2. The van der Waals surface area contributed by atoms with Gasteiger partial charge in [0.1, 0.15) is 11.9 Å². The molecule has 186 valence electrons. The van der Waals surface area contributed by atoms with Crippen LogP contribution in [0.25, 0.3) is 0 Å². The van der Waals surface area contributed by atoms with Crippen LogP contribution in [0.2, 0.25) is 0 Å². The zero-order valence-corrected chi connectivity index (χ0v) is 20.1. The number of benzene rings is 3. The summed E-state index contributed by atoms with van der Waals surface area (Å²) < 4.78 is 24.1. The Balaban J connectivity index is 1.59. The number of rotatable bonds is 9. The molecular weight excluding hydrogens is 463 g/mol. The van der Waals surface area contributed by atoms with Gasteiger partial charge in [0.05, 0.1) is 32.7 Å². The summed E-state index contributed by atoms with van der Waals surface area (Å²) >= 11 is 0. The highest BCUT2D eigenvalue weighted by Gasteiger charge is 2.44. The maximum Gasteiger partial charge on any atom is 0.257 e. The summed E-state index contributed by atoms with van der Waals surface area (Å²) in [4.78, 5) is 42.2. The minimum absolute atomic E-state index is 0.0985. The Morgan fingerprint density at radius 3 is 2.31 bits per heavy atom. The number of methoxy groups -OCH3 is 2. The Hall–Kier alpha value is -4.20. The van der Waals surface area contributed by atoms with E-state index in [2.05, 4.69) is 0 Å². The largest absolute Gasteiger partial charge is 0.493 e. The van der Waals surface area contributed by atoms with Crippen molar-refractivity contribution in [3.63, 3.8) is 0 Å². The van der Waals surface area contributed by atoms with E-state index >= 15 is 0 Å². The highest BCUT2D eigenvalue weighted by atomic mass is 19.1. The second-order valence-electron chi connectivity index (χ2n) is 8.45. The average Bonchev–Trinajstić information content (AvgIpc) is 3.18. The van der Waals surface area contributed by atoms with Crippen LogP contribution in [0.4, 0.5) is 10.1 Å². The van der Waals surface area contributed by atoms with Crippen molar-refractivity contribution in [2.24, 2.45) is 0 Å². The van der Waals surface area contributed by atoms with Gasteiger partial charge in [-0.25, -0.2) is 9.29 Å². The number of carbonyl (C=O) groups is 3. The third kappa shape index (κ3) is 5.38. The van der Waals surface area contributed by atoms with E-state index in [0.29, 0.717) is 17.9 Å². The van der Waals surface area contributed by atoms with Gasteiger partial charge in [-0.1, -0.05) is 36.4 Å². The van der Waals surface area contributed by atoms with Crippen LogP contribution in [-0.4, -0.2) is 49.4 Å². The molecule has 0 radical (unpaired) electrons. The quantitative estimate of drug-likeness (QED) is 0.427. The van der Waals surface area contributed by atoms with Gasteiger partial charge < -0.3 is 14.4 Å². The Morgan fingerprint density at radius 2 is 1.64 bits per heavy atom. The molecule has 0 N–H and O–H groups in total. The van der Waals surface area contributed by atoms with E-state index in [1.807, 2.05) is 42.5 Å². The smallest absolute Gasteiger partial charge is 0.257 e. The van der Waals surface area contributed by atoms with Gasteiger partial charge in [-0.2, -0.15) is 0 Å². The van der Waals surface area contributed by atoms with Gasteiger partial charge >= 0.3 is 0 Å². The number of nitrogens with zero attached hydrogens (tertiary/aromatic N) is 2. The van der Waals surface area contributed by atoms with Gasteiger partial charge in [-0.3, -0.25) is 14.4 Å². The first kappa shape index (κ1) is 24.9. The zero-order valence-electron chi connectivity index (χ0n) is 20.1. The van der Waals surface area contributed by atoms with Crippen molar-refractivity contribution in [1.29, 1.82) is 0 Å². The Morgan fingerprint density at radius 1 is 0.944 bits per heavy atom. The van der Waals surface area contributed by atoms with Crippen molar-refractivity contribution in [3.05, 3.63) is 89.7 Å². The molecule has 0 spiro atoms. The molecular formula is C28H27FN2O5. The molecule has 1 fully saturated rings. The molecule has 1 saturated heterocycles. The number of hydrogen-bond donors (Lipinski definition) is 0. The SMILES string of the molecule is COc1ccc(CCN(C(=O)Cc2ccccc2)C2CC(=O)N(c3ccc(F)cc3)C2=O)cc1OC. The van der Waals surface area contributed by atoms with Crippen LogP contribution in [0, 0.1) is 5.82 Å². The molecule has 3 aromatic rings. The van der Waals surface area contributed by atoms with Gasteiger partial charge in [0.15, 0.2) is 11.5 Å². The first-order valence-electron chi connectivity index (χ1n) is 11.6. The van der Waals surface area contributed by atoms with Crippen molar-refractivity contribution in [2.75, 3.05) is 25.7 Å². The van der Waals surface area contributed by atoms with Gasteiger partial charge in [0, 0.05) is 6.54 Å². The summed E-state index contributed by atoms with van der Waals surface area (Å²) in [6, 6.07) is 18.9. The third-order valence-electron chi connectivity index (χ3n) is 6.19. The van der Waals surface area contributed by atoms with Crippen LogP contribution in [0.5, 0.6) is 11.5 Å². The number of hydrogen-bond acceptors (Lipinski definition) is 5. The lowest BCUT2D eigenvalue weighted by Crippen LogP contribution is -2.47. The lowest BCUT2D eigenvalue weighted by Gasteiger charge is -2.28. The van der Waals surface area contributed by atoms with Crippen LogP contribution in [0.1, 0.15) is 17.5 Å². The standard InChI is InChI=1S/C28H27FN2O5/c1-35-24-13-8-20(16-25(24)36-2)14-15-30(26(32)17-19-6-4-3-5-7-19)23-18-27(33)31(28(23)34)22-11-9-21(29)10-12-22/h3-13,16,23H,14-15,17-18H2,1-2H3. The summed E-state index contributed by atoms with van der Waals surface area (Å²) in [5, 5.41) is 0. The van der Waals surface area contributed by atoms with E-state index in [4.69, 9.17) is 9.47 Å². The summed E-state index contributed by atoms with van der Waals surface area (Å²) in [7, 11) is 3.10. The zero-order chi connectivity index (χ0) is 25.7. The second-order valence-corrected chi connectivity index (χ2v) is 8.45. The summed E-state index contributed by atoms with van der Waals surface area (Å²) in [5.74, 6) is -0.505. The van der Waals surface area contributed by atoms with Crippen LogP contribution in [0.3, 0.4) is 0 Å². The van der Waals surface area contributed by atoms with Crippen LogP contribution < -0.4 is 14.4 Å². The molecule has 7 nitrogen and oxygen atoms in total. The summed E-state index contributed by atoms with van der Waals surface area (Å²) in [6.07, 6.45) is 0.402. The molecule has 1 aliphatic heterocycles. The van der Waals surface area contributed by atoms with Crippen molar-refractivity contribution < 1.29 is 28.2 Å². The number of halogens is 1. The first-order valence-corrected chi connectivity index (χ1v) is 11.6. The second kappa shape index (κ2) is 11.0. The van der Waals surface area contributed by atoms with Crippen molar-refractivity contribution in [1.82, 2.24) is 4.90 Å². The number of carbonyl (C=O) groups excluding carboxylic acids is 3. The van der Waals surface area contributed by atoms with Gasteiger partial charge in [-0.15, -0.1) is 0 Å². The van der Waals surface area contributed by atoms with E-state index in [9.17, 15) is 18.8 Å². The van der Waals surface area contributed by atoms with Crippen molar-refractivity contribution in [2.45, 2.75) is 25.3 Å². The number of ether oxygens (including phenoxy) is 2. The lowest BCUT2D eigenvalue weighted by molar-refractivity contribution is -0.137. The van der Waals surface area contributed by atoms with E-state index in [1.54, 1.807) is 20.3 Å². The first-order chi connectivity index (χ1) is 17.4. The summed E-state index contributed by atoms with van der Waals surface area (Å²) in [5.41, 5.74) is 1.98. The lowest BCUT2D eigenvalue weighted by atomic mass is 10.1. The fourth-order valence-electron chi connectivity index (χ4n) is 4.33. The molecule has 1 atom stereocenters. The molecule has 1 unspecified atom stereocenters. The fraction of sp³-hybridized carbons (Fsp3) is 0.250. The molecule has 3 amide bonds. The molecule has 8 heteroatoms. The van der Waals surface area contributed by atoms with Crippen LogP contribution in [0.15, 0.2) is 72.8 Å². The minimum atomic E-state index is -0.945. The van der Waals surface area contributed by atoms with E-state index < -0.39 is 23.7 Å². The van der Waals surface area contributed by atoms with E-state index in [0.717, 1.165) is 16.0 Å². The molecule has 0 bridgehead atoms. The maximum atomic E-state index is 13.4. The average molecular weight is 491 g/mol. The van der Waals surface area contributed by atoms with Gasteiger partial charge in [-0.05, 0) is 53.9 Å². The number of imide groups is 1. The van der Waals surface area contributed by atoms with Gasteiger partial charge in [0.25, 0.3) is 5.91 Å². The van der Waals surface area contributed by atoms with Crippen molar-refractivity contribution >= 4 is 23.4 Å².